The topological polar surface area (TPSA) is 33.1 Å². The number of hydrogen-bond acceptors (Lipinski definition) is 4. The van der Waals surface area contributed by atoms with Crippen LogP contribution < -0.4 is 0 Å². The second-order valence-electron chi connectivity index (χ2n) is 3.32. The Morgan fingerprint density at radius 1 is 1.47 bits per heavy atom. The molecule has 1 heterocycles. The third kappa shape index (κ3) is 2.71. The van der Waals surface area contributed by atoms with Crippen LogP contribution in [0.5, 0.6) is 0 Å². The predicted molar refractivity (Wildman–Crippen MR) is 66.6 cm³/mol. The summed E-state index contributed by atoms with van der Waals surface area (Å²) < 4.78 is 2.26. The number of nitrogens with zero attached hydrogens (tertiary/aromatic N) is 1. The fourth-order valence-electron chi connectivity index (χ4n) is 1.20. The first kappa shape index (κ1) is 10.9. The quantitative estimate of drug-likeness (QED) is 0.832. The number of aliphatic hydroxyl groups excluding tert-OH is 1. The number of hydrogen-bond donors (Lipinski definition) is 1. The Kier molecular flexibility index (Phi) is 3.61. The molecule has 1 aromatic heterocycles. The third-order valence-corrected chi connectivity index (χ3v) is 4.47. The molecule has 0 aliphatic rings. The van der Waals surface area contributed by atoms with E-state index in [9.17, 15) is 5.11 Å². The van der Waals surface area contributed by atoms with E-state index in [1.54, 1.807) is 23.1 Å². The molecular formula is C11H13NOS2. The molecule has 0 bridgehead atoms. The van der Waals surface area contributed by atoms with E-state index >= 15 is 0 Å². The van der Waals surface area contributed by atoms with Crippen LogP contribution in [-0.2, 0) is 0 Å². The van der Waals surface area contributed by atoms with E-state index in [2.05, 4.69) is 11.1 Å². The zero-order chi connectivity index (χ0) is 10.7. The summed E-state index contributed by atoms with van der Waals surface area (Å²) in [6.07, 6.45) is 0.583. The van der Waals surface area contributed by atoms with E-state index in [1.165, 1.54) is 4.70 Å². The Balaban J connectivity index is 2.09. The number of para-hydroxylation sites is 1. The van der Waals surface area contributed by atoms with Gasteiger partial charge >= 0.3 is 0 Å². The third-order valence-electron chi connectivity index (χ3n) is 2.14. The van der Waals surface area contributed by atoms with E-state index < -0.39 is 0 Å². The highest BCUT2D eigenvalue weighted by Gasteiger charge is 2.06. The van der Waals surface area contributed by atoms with Crippen molar-refractivity contribution in [3.8, 4) is 0 Å². The van der Waals surface area contributed by atoms with Crippen molar-refractivity contribution in [2.45, 2.75) is 23.8 Å². The molecule has 2 nitrogen and oxygen atoms in total. The first-order valence-electron chi connectivity index (χ1n) is 4.96. The Labute approximate surface area is 97.4 Å². The van der Waals surface area contributed by atoms with Gasteiger partial charge in [-0.25, -0.2) is 4.98 Å². The molecule has 0 saturated carbocycles. The summed E-state index contributed by atoms with van der Waals surface area (Å²) >= 11 is 3.33. The van der Waals surface area contributed by atoms with Crippen molar-refractivity contribution in [3.05, 3.63) is 24.3 Å². The fourth-order valence-corrected chi connectivity index (χ4v) is 3.34. The minimum absolute atomic E-state index is 0.220. The lowest BCUT2D eigenvalue weighted by molar-refractivity contribution is 0.195. The molecule has 0 amide bonds. The molecule has 0 spiro atoms. The largest absolute Gasteiger partial charge is 0.392 e. The average Bonchev–Trinajstić information content (AvgIpc) is 2.68. The smallest absolute Gasteiger partial charge is 0.151 e. The van der Waals surface area contributed by atoms with Gasteiger partial charge in [-0.3, -0.25) is 0 Å². The summed E-state index contributed by atoms with van der Waals surface area (Å²) in [6, 6.07) is 8.12. The maximum absolute atomic E-state index is 9.45. The monoisotopic (exact) mass is 239 g/mol. The molecule has 1 aromatic carbocycles. The SMILES string of the molecule is CC[C@@H](O)CSc1nc2ccccc2s1. The highest BCUT2D eigenvalue weighted by molar-refractivity contribution is 8.01. The standard InChI is InChI=1S/C11H13NOS2/c1-2-8(13)7-14-11-12-9-5-3-4-6-10(9)15-11/h3-6,8,13H,2,7H2,1H3/t8-/m1/s1. The van der Waals surface area contributed by atoms with Gasteiger partial charge in [0.15, 0.2) is 4.34 Å². The van der Waals surface area contributed by atoms with Gasteiger partial charge in [0.25, 0.3) is 0 Å². The molecule has 15 heavy (non-hydrogen) atoms. The lowest BCUT2D eigenvalue weighted by Crippen LogP contribution is -2.06. The molecule has 2 aromatic rings. The maximum Gasteiger partial charge on any atom is 0.151 e. The number of thiazole rings is 1. The van der Waals surface area contributed by atoms with Gasteiger partial charge in [-0.2, -0.15) is 0 Å². The number of fused-ring (bicyclic) bond motifs is 1. The van der Waals surface area contributed by atoms with Crippen LogP contribution >= 0.6 is 23.1 Å². The Morgan fingerprint density at radius 2 is 2.27 bits per heavy atom. The summed E-state index contributed by atoms with van der Waals surface area (Å²) in [5.41, 5.74) is 1.05. The van der Waals surface area contributed by atoms with Crippen molar-refractivity contribution in [3.63, 3.8) is 0 Å². The second kappa shape index (κ2) is 4.96. The average molecular weight is 239 g/mol. The lowest BCUT2D eigenvalue weighted by Gasteiger charge is -2.03. The molecule has 0 saturated heterocycles. The summed E-state index contributed by atoms with van der Waals surface area (Å²) in [5.74, 6) is 0.732. The molecule has 80 valence electrons. The molecule has 1 atom stereocenters. The molecule has 1 N–H and O–H groups in total. The summed E-state index contributed by atoms with van der Waals surface area (Å²) in [4.78, 5) is 4.49. The van der Waals surface area contributed by atoms with E-state index in [0.717, 1.165) is 22.0 Å². The molecular weight excluding hydrogens is 226 g/mol. The molecule has 0 fully saturated rings. The van der Waals surface area contributed by atoms with Crippen molar-refractivity contribution in [2.75, 3.05) is 5.75 Å². The van der Waals surface area contributed by atoms with E-state index in [4.69, 9.17) is 0 Å². The van der Waals surface area contributed by atoms with E-state index in [-0.39, 0.29) is 6.10 Å². The van der Waals surface area contributed by atoms with Crippen LogP contribution in [0.1, 0.15) is 13.3 Å². The first-order valence-corrected chi connectivity index (χ1v) is 6.76. The van der Waals surface area contributed by atoms with Gasteiger partial charge in [0.2, 0.25) is 0 Å². The van der Waals surface area contributed by atoms with Gasteiger partial charge in [0, 0.05) is 5.75 Å². The van der Waals surface area contributed by atoms with Gasteiger partial charge in [-0.05, 0) is 18.6 Å². The number of thioether (sulfide) groups is 1. The zero-order valence-electron chi connectivity index (χ0n) is 8.51. The van der Waals surface area contributed by atoms with Crippen molar-refractivity contribution >= 4 is 33.3 Å². The van der Waals surface area contributed by atoms with Crippen LogP contribution in [0.15, 0.2) is 28.6 Å². The van der Waals surface area contributed by atoms with E-state index in [0.29, 0.717) is 0 Å². The Bertz CT molecular complexity index is 408. The van der Waals surface area contributed by atoms with Crippen molar-refractivity contribution in [1.82, 2.24) is 4.98 Å². The normalized spacial score (nSPS) is 13.2. The summed E-state index contributed by atoms with van der Waals surface area (Å²) in [7, 11) is 0. The Morgan fingerprint density at radius 3 is 3.00 bits per heavy atom. The van der Waals surface area contributed by atoms with Gasteiger partial charge in [-0.15, -0.1) is 11.3 Å². The number of aliphatic hydroxyl groups is 1. The van der Waals surface area contributed by atoms with Crippen LogP contribution in [0.4, 0.5) is 0 Å². The van der Waals surface area contributed by atoms with Gasteiger partial charge in [0.1, 0.15) is 0 Å². The van der Waals surface area contributed by atoms with Gasteiger partial charge in [0.05, 0.1) is 16.3 Å². The van der Waals surface area contributed by atoms with Gasteiger partial charge < -0.3 is 5.11 Å². The van der Waals surface area contributed by atoms with Crippen molar-refractivity contribution < 1.29 is 5.11 Å². The molecule has 0 aliphatic carbocycles. The minimum atomic E-state index is -0.220. The molecule has 4 heteroatoms. The highest BCUT2D eigenvalue weighted by atomic mass is 32.2. The minimum Gasteiger partial charge on any atom is -0.392 e. The number of aromatic nitrogens is 1. The molecule has 0 aliphatic heterocycles. The fraction of sp³-hybridized carbons (Fsp3) is 0.364. The van der Waals surface area contributed by atoms with Crippen LogP contribution in [0.25, 0.3) is 10.2 Å². The van der Waals surface area contributed by atoms with Crippen molar-refractivity contribution in [2.24, 2.45) is 0 Å². The van der Waals surface area contributed by atoms with Crippen molar-refractivity contribution in [1.29, 1.82) is 0 Å². The predicted octanol–water partition coefficient (Wildman–Crippen LogP) is 3.16. The number of benzene rings is 1. The highest BCUT2D eigenvalue weighted by Crippen LogP contribution is 2.29. The summed E-state index contributed by atoms with van der Waals surface area (Å²) in [6.45, 7) is 1.99. The van der Waals surface area contributed by atoms with Crippen LogP contribution in [-0.4, -0.2) is 21.9 Å². The summed E-state index contributed by atoms with van der Waals surface area (Å²) in [5, 5.41) is 9.45. The Hall–Kier alpha value is -0.580. The second-order valence-corrected chi connectivity index (χ2v) is 5.62. The molecule has 0 radical (unpaired) electrons. The van der Waals surface area contributed by atoms with Gasteiger partial charge in [-0.1, -0.05) is 30.8 Å². The van der Waals surface area contributed by atoms with E-state index in [1.807, 2.05) is 25.1 Å². The van der Waals surface area contributed by atoms with Crippen LogP contribution in [0, 0.1) is 0 Å². The number of rotatable bonds is 4. The van der Waals surface area contributed by atoms with Crippen LogP contribution in [0.3, 0.4) is 0 Å². The lowest BCUT2D eigenvalue weighted by atomic mass is 10.3. The van der Waals surface area contributed by atoms with Crippen LogP contribution in [0.2, 0.25) is 0 Å². The first-order chi connectivity index (χ1) is 7.29. The zero-order valence-corrected chi connectivity index (χ0v) is 10.1. The maximum atomic E-state index is 9.45. The molecule has 0 unspecified atom stereocenters. The molecule has 2 rings (SSSR count).